The van der Waals surface area contributed by atoms with E-state index in [9.17, 15) is 0 Å². The lowest BCUT2D eigenvalue weighted by Crippen LogP contribution is -1.84. The van der Waals surface area contributed by atoms with Crippen LogP contribution in [0, 0.1) is 6.07 Å². The van der Waals surface area contributed by atoms with Crippen molar-refractivity contribution in [1.82, 2.24) is 0 Å². The molecule has 19 heavy (non-hydrogen) atoms. The molecule has 0 aliphatic rings. The van der Waals surface area contributed by atoms with Crippen molar-refractivity contribution in [3.05, 3.63) is 83.9 Å². The van der Waals surface area contributed by atoms with Crippen molar-refractivity contribution in [3.63, 3.8) is 0 Å². The molecule has 1 heteroatoms. The first kappa shape index (κ1) is 12.0. The third-order valence-electron chi connectivity index (χ3n) is 3.10. The van der Waals surface area contributed by atoms with Gasteiger partial charge in [0.25, 0.3) is 0 Å². The Hall–Kier alpha value is -2.05. The van der Waals surface area contributed by atoms with Gasteiger partial charge < -0.3 is 0 Å². The monoisotopic (exact) mass is 263 g/mol. The highest BCUT2D eigenvalue weighted by molar-refractivity contribution is 6.36. The highest BCUT2D eigenvalue weighted by Crippen LogP contribution is 2.35. The molecular formula is C18H12Cl. The van der Waals surface area contributed by atoms with E-state index in [-0.39, 0.29) is 0 Å². The van der Waals surface area contributed by atoms with Crippen molar-refractivity contribution in [2.45, 2.75) is 0 Å². The van der Waals surface area contributed by atoms with E-state index in [0.717, 1.165) is 27.3 Å². The van der Waals surface area contributed by atoms with Crippen LogP contribution in [-0.2, 0) is 0 Å². The van der Waals surface area contributed by atoms with Gasteiger partial charge in [0.05, 0.1) is 5.02 Å². The highest BCUT2D eigenvalue weighted by Gasteiger charge is 2.09. The Morgan fingerprint density at radius 1 is 0.632 bits per heavy atom. The smallest absolute Gasteiger partial charge is 0.0563 e. The predicted molar refractivity (Wildman–Crippen MR) is 81.2 cm³/mol. The first-order valence-electron chi connectivity index (χ1n) is 6.17. The van der Waals surface area contributed by atoms with Gasteiger partial charge in [-0.25, -0.2) is 0 Å². The Morgan fingerprint density at radius 2 is 1.05 bits per heavy atom. The standard InChI is InChI=1S/C18H12Cl/c19-18-16(14-8-3-1-4-9-14)12-7-13-17(18)15-10-5-2-6-11-15/h1-6,8-13H. The van der Waals surface area contributed by atoms with Crippen LogP contribution >= 0.6 is 11.6 Å². The zero-order valence-corrected chi connectivity index (χ0v) is 11.1. The van der Waals surface area contributed by atoms with Gasteiger partial charge in [0.15, 0.2) is 0 Å². The molecule has 0 amide bonds. The Balaban J connectivity index is 2.15. The Bertz CT molecular complexity index is 615. The molecule has 3 aromatic carbocycles. The number of halogens is 1. The quantitative estimate of drug-likeness (QED) is 0.575. The van der Waals surface area contributed by atoms with E-state index in [0.29, 0.717) is 0 Å². The van der Waals surface area contributed by atoms with Gasteiger partial charge >= 0.3 is 0 Å². The second kappa shape index (κ2) is 5.29. The van der Waals surface area contributed by atoms with E-state index in [1.807, 2.05) is 48.5 Å². The molecule has 3 aromatic rings. The Labute approximate surface area is 118 Å². The summed E-state index contributed by atoms with van der Waals surface area (Å²) in [6.45, 7) is 0. The molecule has 0 aliphatic heterocycles. The molecule has 1 radical (unpaired) electrons. The third-order valence-corrected chi connectivity index (χ3v) is 3.51. The van der Waals surface area contributed by atoms with E-state index in [1.54, 1.807) is 0 Å². The Morgan fingerprint density at radius 3 is 1.47 bits per heavy atom. The first-order chi connectivity index (χ1) is 9.36. The molecule has 91 valence electrons. The van der Waals surface area contributed by atoms with Crippen LogP contribution in [0.3, 0.4) is 0 Å². The fraction of sp³-hybridized carbons (Fsp3) is 0. The maximum Gasteiger partial charge on any atom is 0.0563 e. The summed E-state index contributed by atoms with van der Waals surface area (Å²) in [5.41, 5.74) is 4.26. The average molecular weight is 264 g/mol. The van der Waals surface area contributed by atoms with E-state index < -0.39 is 0 Å². The topological polar surface area (TPSA) is 0 Å². The summed E-state index contributed by atoms with van der Waals surface area (Å²) in [5.74, 6) is 0. The molecule has 0 heterocycles. The van der Waals surface area contributed by atoms with E-state index in [1.165, 1.54) is 0 Å². The van der Waals surface area contributed by atoms with E-state index in [2.05, 4.69) is 30.3 Å². The largest absolute Gasteiger partial charge is 0.0830 e. The average Bonchev–Trinajstić information content (AvgIpc) is 2.49. The van der Waals surface area contributed by atoms with Crippen LogP contribution in [-0.4, -0.2) is 0 Å². The van der Waals surface area contributed by atoms with Gasteiger partial charge in [0.1, 0.15) is 0 Å². The van der Waals surface area contributed by atoms with Crippen molar-refractivity contribution < 1.29 is 0 Å². The fourth-order valence-corrected chi connectivity index (χ4v) is 2.46. The minimum Gasteiger partial charge on any atom is -0.0830 e. The van der Waals surface area contributed by atoms with Gasteiger partial charge in [-0.2, -0.15) is 0 Å². The number of hydrogen-bond donors (Lipinski definition) is 0. The van der Waals surface area contributed by atoms with Crippen LogP contribution in [0.25, 0.3) is 22.3 Å². The highest BCUT2D eigenvalue weighted by atomic mass is 35.5. The van der Waals surface area contributed by atoms with Gasteiger partial charge in [-0.15, -0.1) is 0 Å². The fourth-order valence-electron chi connectivity index (χ4n) is 2.14. The third kappa shape index (κ3) is 2.40. The molecule has 0 bridgehead atoms. The number of hydrogen-bond acceptors (Lipinski definition) is 0. The number of rotatable bonds is 2. The molecule has 0 aliphatic carbocycles. The maximum absolute atomic E-state index is 6.56. The lowest BCUT2D eigenvalue weighted by molar-refractivity contribution is 1.58. The van der Waals surface area contributed by atoms with Crippen molar-refractivity contribution in [1.29, 1.82) is 0 Å². The summed E-state index contributed by atoms with van der Waals surface area (Å²) >= 11 is 6.56. The Kier molecular flexibility index (Phi) is 3.35. The summed E-state index contributed by atoms with van der Waals surface area (Å²) in [5, 5.41) is 0.774. The molecule has 3 rings (SSSR count). The summed E-state index contributed by atoms with van der Waals surface area (Å²) in [6, 6.07) is 27.4. The lowest BCUT2D eigenvalue weighted by Gasteiger charge is -2.09. The van der Waals surface area contributed by atoms with Crippen LogP contribution in [0.15, 0.2) is 72.8 Å². The zero-order chi connectivity index (χ0) is 13.1. The second-order valence-corrected chi connectivity index (χ2v) is 4.71. The molecule has 0 spiro atoms. The molecule has 0 saturated heterocycles. The van der Waals surface area contributed by atoms with Gasteiger partial charge in [-0.1, -0.05) is 72.3 Å². The minimum absolute atomic E-state index is 0.774. The van der Waals surface area contributed by atoms with Gasteiger partial charge in [0, 0.05) is 11.1 Å². The molecule has 0 unspecified atom stereocenters. The van der Waals surface area contributed by atoms with Crippen LogP contribution in [0.4, 0.5) is 0 Å². The van der Waals surface area contributed by atoms with E-state index in [4.69, 9.17) is 11.6 Å². The summed E-state index contributed by atoms with van der Waals surface area (Å²) < 4.78 is 0. The van der Waals surface area contributed by atoms with Crippen LogP contribution in [0.2, 0.25) is 5.02 Å². The molecule has 0 aromatic heterocycles. The van der Waals surface area contributed by atoms with Crippen molar-refractivity contribution in [2.75, 3.05) is 0 Å². The minimum atomic E-state index is 0.774. The van der Waals surface area contributed by atoms with Gasteiger partial charge in [-0.05, 0) is 29.3 Å². The van der Waals surface area contributed by atoms with Crippen LogP contribution in [0.5, 0.6) is 0 Å². The second-order valence-electron chi connectivity index (χ2n) is 4.33. The molecule has 0 nitrogen and oxygen atoms in total. The maximum atomic E-state index is 6.56. The van der Waals surface area contributed by atoms with Crippen LogP contribution in [0.1, 0.15) is 0 Å². The van der Waals surface area contributed by atoms with E-state index >= 15 is 0 Å². The number of benzene rings is 3. The SMILES string of the molecule is Clc1c(-c2ccccc2)c[c]cc1-c1ccccc1. The van der Waals surface area contributed by atoms with Crippen LogP contribution < -0.4 is 0 Å². The molecule has 0 atom stereocenters. The predicted octanol–water partition coefficient (Wildman–Crippen LogP) is 5.47. The van der Waals surface area contributed by atoms with Gasteiger partial charge in [-0.3, -0.25) is 0 Å². The van der Waals surface area contributed by atoms with Gasteiger partial charge in [0.2, 0.25) is 0 Å². The molecular weight excluding hydrogens is 252 g/mol. The summed E-state index contributed by atoms with van der Waals surface area (Å²) in [4.78, 5) is 0. The van der Waals surface area contributed by atoms with Crippen molar-refractivity contribution in [2.24, 2.45) is 0 Å². The summed E-state index contributed by atoms with van der Waals surface area (Å²) in [6.07, 6.45) is 0. The lowest BCUT2D eigenvalue weighted by atomic mass is 9.99. The normalized spacial score (nSPS) is 10.4. The summed E-state index contributed by atoms with van der Waals surface area (Å²) in [7, 11) is 0. The van der Waals surface area contributed by atoms with Crippen molar-refractivity contribution >= 4 is 11.6 Å². The molecule has 0 saturated carbocycles. The zero-order valence-electron chi connectivity index (χ0n) is 10.3. The molecule has 0 fully saturated rings. The molecule has 0 N–H and O–H groups in total. The first-order valence-corrected chi connectivity index (χ1v) is 6.54. The van der Waals surface area contributed by atoms with Crippen molar-refractivity contribution in [3.8, 4) is 22.3 Å².